The lowest BCUT2D eigenvalue weighted by molar-refractivity contribution is -0.112. The van der Waals surface area contributed by atoms with Gasteiger partial charge in [-0.05, 0) is 12.1 Å². The van der Waals surface area contributed by atoms with Gasteiger partial charge >= 0.3 is 0 Å². The Hall–Kier alpha value is -1.44. The molecule has 1 aromatic carbocycles. The molecular weight excluding hydrogens is 294 g/mol. The van der Waals surface area contributed by atoms with Gasteiger partial charge in [0.2, 0.25) is 0 Å². The molecule has 1 amide bonds. The summed E-state index contributed by atoms with van der Waals surface area (Å²) in [6.07, 6.45) is 0. The van der Waals surface area contributed by atoms with E-state index in [1.54, 1.807) is 11.6 Å². The van der Waals surface area contributed by atoms with Crippen molar-refractivity contribution in [1.82, 2.24) is 10.2 Å². The van der Waals surface area contributed by atoms with Crippen LogP contribution >= 0.6 is 34.7 Å². The fourth-order valence-corrected chi connectivity index (χ4v) is 3.28. The van der Waals surface area contributed by atoms with E-state index in [1.807, 2.05) is 0 Å². The summed E-state index contributed by atoms with van der Waals surface area (Å²) in [6, 6.07) is 3.17. The highest BCUT2D eigenvalue weighted by atomic mass is 35.5. The lowest BCUT2D eigenvalue weighted by atomic mass is 10.1. The Labute approximate surface area is 115 Å². The van der Waals surface area contributed by atoms with Gasteiger partial charge in [0.1, 0.15) is 5.51 Å². The van der Waals surface area contributed by atoms with Gasteiger partial charge in [0.15, 0.2) is 4.34 Å². The summed E-state index contributed by atoms with van der Waals surface area (Å²) in [7, 11) is 0. The van der Waals surface area contributed by atoms with Crippen LogP contribution in [0.25, 0.3) is 0 Å². The molecule has 0 atom stereocenters. The van der Waals surface area contributed by atoms with Crippen molar-refractivity contribution in [2.75, 3.05) is 5.32 Å². The summed E-state index contributed by atoms with van der Waals surface area (Å²) in [5.74, 6) is -1.18. The van der Waals surface area contributed by atoms with Gasteiger partial charge in [0, 0.05) is 4.90 Å². The van der Waals surface area contributed by atoms with Gasteiger partial charge in [-0.1, -0.05) is 34.7 Å². The number of ketones is 1. The Morgan fingerprint density at radius 3 is 2.89 bits per heavy atom. The van der Waals surface area contributed by atoms with Crippen molar-refractivity contribution < 1.29 is 9.59 Å². The SMILES string of the molecule is O=C1Nc2cc(Sc3nncs3)c(Cl)cc2C1=O. The summed E-state index contributed by atoms with van der Waals surface area (Å²) >= 11 is 8.81. The molecule has 90 valence electrons. The first kappa shape index (κ1) is 11.6. The molecule has 0 bridgehead atoms. The molecule has 2 aromatic rings. The zero-order valence-electron chi connectivity index (χ0n) is 8.64. The predicted octanol–water partition coefficient (Wildman–Crippen LogP) is 2.48. The van der Waals surface area contributed by atoms with Crippen molar-refractivity contribution in [3.8, 4) is 0 Å². The van der Waals surface area contributed by atoms with Crippen LogP contribution in [0, 0.1) is 0 Å². The number of hydrogen-bond acceptors (Lipinski definition) is 6. The highest BCUT2D eigenvalue weighted by Crippen LogP contribution is 2.38. The molecule has 18 heavy (non-hydrogen) atoms. The highest BCUT2D eigenvalue weighted by molar-refractivity contribution is 8.01. The Morgan fingerprint density at radius 2 is 2.17 bits per heavy atom. The Bertz CT molecular complexity index is 657. The standard InChI is InChI=1S/C10H4ClN3O2S2/c11-5-1-4-6(13-9(16)8(4)15)2-7(5)18-10-14-12-3-17-10/h1-3H,(H,13,15,16). The molecule has 8 heteroatoms. The minimum absolute atomic E-state index is 0.312. The maximum absolute atomic E-state index is 11.5. The number of rotatable bonds is 2. The van der Waals surface area contributed by atoms with Gasteiger partial charge in [-0.15, -0.1) is 10.2 Å². The van der Waals surface area contributed by atoms with Crippen molar-refractivity contribution >= 4 is 52.1 Å². The lowest BCUT2D eigenvalue weighted by Crippen LogP contribution is -2.12. The summed E-state index contributed by atoms with van der Waals surface area (Å²) in [5.41, 5.74) is 2.42. The van der Waals surface area contributed by atoms with Crippen molar-refractivity contribution in [1.29, 1.82) is 0 Å². The van der Waals surface area contributed by atoms with Crippen molar-refractivity contribution in [2.24, 2.45) is 0 Å². The highest BCUT2D eigenvalue weighted by Gasteiger charge is 2.29. The maximum atomic E-state index is 11.5. The number of aromatic nitrogens is 2. The number of carbonyl (C=O) groups is 2. The Morgan fingerprint density at radius 1 is 1.33 bits per heavy atom. The molecule has 1 aromatic heterocycles. The largest absolute Gasteiger partial charge is 0.318 e. The van der Waals surface area contributed by atoms with Gasteiger partial charge in [-0.25, -0.2) is 0 Å². The first-order chi connectivity index (χ1) is 8.65. The van der Waals surface area contributed by atoms with Crippen molar-refractivity contribution in [3.05, 3.63) is 28.2 Å². The molecule has 0 saturated heterocycles. The van der Waals surface area contributed by atoms with E-state index in [0.717, 1.165) is 9.24 Å². The van der Waals surface area contributed by atoms with Crippen LogP contribution < -0.4 is 5.32 Å². The molecule has 1 aliphatic heterocycles. The van der Waals surface area contributed by atoms with Gasteiger partial charge in [0.05, 0.1) is 16.3 Å². The van der Waals surface area contributed by atoms with Gasteiger partial charge in [-0.3, -0.25) is 9.59 Å². The fourth-order valence-electron chi connectivity index (χ4n) is 1.53. The van der Waals surface area contributed by atoms with E-state index in [2.05, 4.69) is 15.5 Å². The number of fused-ring (bicyclic) bond motifs is 1. The molecule has 3 rings (SSSR count). The number of nitrogens with zero attached hydrogens (tertiary/aromatic N) is 2. The third kappa shape index (κ3) is 1.90. The molecule has 0 radical (unpaired) electrons. The fraction of sp³-hybridized carbons (Fsp3) is 0. The van der Waals surface area contributed by atoms with Gasteiger partial charge in [0.25, 0.3) is 11.7 Å². The first-order valence-electron chi connectivity index (χ1n) is 4.78. The Balaban J connectivity index is 2.01. The molecule has 1 N–H and O–H groups in total. The van der Waals surface area contributed by atoms with Crippen LogP contribution in [0.4, 0.5) is 5.69 Å². The maximum Gasteiger partial charge on any atom is 0.296 e. The average Bonchev–Trinajstić information content (AvgIpc) is 2.92. The number of carbonyl (C=O) groups excluding carboxylic acids is 2. The molecule has 1 aliphatic rings. The first-order valence-corrected chi connectivity index (χ1v) is 6.86. The minimum atomic E-state index is -0.626. The summed E-state index contributed by atoms with van der Waals surface area (Å²) in [4.78, 5) is 23.4. The molecule has 0 spiro atoms. The number of nitrogens with one attached hydrogen (secondary N) is 1. The third-order valence-electron chi connectivity index (χ3n) is 2.31. The normalized spacial score (nSPS) is 13.6. The van der Waals surface area contributed by atoms with Crippen LogP contribution in [0.3, 0.4) is 0 Å². The summed E-state index contributed by atoms with van der Waals surface area (Å²) in [5, 5.41) is 10.5. The lowest BCUT2D eigenvalue weighted by Gasteiger charge is -2.04. The number of halogens is 1. The van der Waals surface area contributed by atoms with Crippen LogP contribution in [0.2, 0.25) is 5.02 Å². The second kappa shape index (κ2) is 4.34. The summed E-state index contributed by atoms with van der Waals surface area (Å²) < 4.78 is 0.743. The number of hydrogen-bond donors (Lipinski definition) is 1. The monoisotopic (exact) mass is 297 g/mol. The number of amides is 1. The van der Waals surface area contributed by atoms with E-state index in [4.69, 9.17) is 11.6 Å². The number of anilines is 1. The minimum Gasteiger partial charge on any atom is -0.318 e. The third-order valence-corrected chi connectivity index (χ3v) is 4.57. The predicted molar refractivity (Wildman–Crippen MR) is 68.4 cm³/mol. The molecular formula is C10H4ClN3O2S2. The second-order valence-electron chi connectivity index (χ2n) is 3.42. The van der Waals surface area contributed by atoms with E-state index in [-0.39, 0.29) is 0 Å². The second-order valence-corrected chi connectivity index (χ2v) is 5.95. The molecule has 0 aliphatic carbocycles. The van der Waals surface area contributed by atoms with Gasteiger partial charge in [-0.2, -0.15) is 0 Å². The van der Waals surface area contributed by atoms with Crippen LogP contribution in [-0.2, 0) is 4.79 Å². The summed E-state index contributed by atoms with van der Waals surface area (Å²) in [6.45, 7) is 0. The van der Waals surface area contributed by atoms with Gasteiger partial charge < -0.3 is 5.32 Å². The van der Waals surface area contributed by atoms with E-state index in [1.165, 1.54) is 29.2 Å². The van der Waals surface area contributed by atoms with E-state index in [9.17, 15) is 9.59 Å². The van der Waals surface area contributed by atoms with Crippen LogP contribution in [0.15, 0.2) is 26.9 Å². The number of benzene rings is 1. The topological polar surface area (TPSA) is 72.0 Å². The smallest absolute Gasteiger partial charge is 0.296 e. The quantitative estimate of drug-likeness (QED) is 0.862. The van der Waals surface area contributed by atoms with E-state index in [0.29, 0.717) is 16.3 Å². The zero-order valence-corrected chi connectivity index (χ0v) is 11.0. The number of Topliss-reactive ketones (excluding diaryl/α,β-unsaturated/α-hetero) is 1. The van der Waals surface area contributed by atoms with E-state index >= 15 is 0 Å². The zero-order chi connectivity index (χ0) is 12.7. The van der Waals surface area contributed by atoms with Crippen LogP contribution in [0.1, 0.15) is 10.4 Å². The van der Waals surface area contributed by atoms with Crippen LogP contribution in [0.5, 0.6) is 0 Å². The van der Waals surface area contributed by atoms with Crippen LogP contribution in [-0.4, -0.2) is 21.9 Å². The molecule has 0 unspecified atom stereocenters. The molecule has 0 fully saturated rings. The average molecular weight is 298 g/mol. The Kier molecular flexibility index (Phi) is 2.81. The molecule has 0 saturated carbocycles. The molecule has 2 heterocycles. The van der Waals surface area contributed by atoms with E-state index < -0.39 is 11.7 Å². The molecule has 5 nitrogen and oxygen atoms in total. The van der Waals surface area contributed by atoms with Crippen molar-refractivity contribution in [3.63, 3.8) is 0 Å². The van der Waals surface area contributed by atoms with Crippen molar-refractivity contribution in [2.45, 2.75) is 9.24 Å².